The zero-order valence-electron chi connectivity index (χ0n) is 10.9. The third-order valence-electron chi connectivity index (χ3n) is 2.87. The number of rotatable bonds is 4. The second-order valence-corrected chi connectivity index (χ2v) is 8.17. The lowest BCUT2D eigenvalue weighted by Crippen LogP contribution is -2.38. The first-order valence-corrected chi connectivity index (χ1v) is 8.73. The summed E-state index contributed by atoms with van der Waals surface area (Å²) in [6.07, 6.45) is 0.409. The summed E-state index contributed by atoms with van der Waals surface area (Å²) in [5.41, 5.74) is 0. The van der Waals surface area contributed by atoms with E-state index in [2.05, 4.69) is 5.32 Å². The lowest BCUT2D eigenvalue weighted by Gasteiger charge is -2.10. The lowest BCUT2D eigenvalue weighted by atomic mass is 10.2. The third-order valence-corrected chi connectivity index (χ3v) is 5.62. The van der Waals surface area contributed by atoms with E-state index in [0.29, 0.717) is 11.3 Å². The zero-order chi connectivity index (χ0) is 14.8. The van der Waals surface area contributed by atoms with Crippen molar-refractivity contribution >= 4 is 33.1 Å². The van der Waals surface area contributed by atoms with Crippen LogP contribution in [0.1, 0.15) is 21.0 Å². The van der Waals surface area contributed by atoms with E-state index in [9.17, 15) is 18.0 Å². The fourth-order valence-electron chi connectivity index (χ4n) is 1.92. The van der Waals surface area contributed by atoms with E-state index < -0.39 is 28.3 Å². The molecule has 0 unspecified atom stereocenters. The van der Waals surface area contributed by atoms with Gasteiger partial charge in [0.15, 0.2) is 16.4 Å². The molecule has 0 bridgehead atoms. The van der Waals surface area contributed by atoms with E-state index in [4.69, 9.17) is 4.74 Å². The van der Waals surface area contributed by atoms with Crippen LogP contribution in [-0.2, 0) is 19.4 Å². The fraction of sp³-hybridized carbons (Fsp3) is 0.500. The maximum atomic E-state index is 11.6. The topological polar surface area (TPSA) is 89.5 Å². The smallest absolute Gasteiger partial charge is 0.348 e. The Bertz CT molecular complexity index is 620. The minimum absolute atomic E-state index is 0.0448. The standard InChI is InChI=1S/C12H15NO5S2/c1-8-2-3-10(19-8)12(15)18-6-11(14)13-9-4-5-20(16,17)7-9/h2-3,9H,4-7H2,1H3,(H,13,14)/t9-/m1/s1. The van der Waals surface area contributed by atoms with Crippen molar-refractivity contribution in [3.8, 4) is 0 Å². The summed E-state index contributed by atoms with van der Waals surface area (Å²) in [5, 5.41) is 2.55. The van der Waals surface area contributed by atoms with E-state index in [1.54, 1.807) is 12.1 Å². The Morgan fingerprint density at radius 3 is 2.75 bits per heavy atom. The molecule has 1 aromatic heterocycles. The Morgan fingerprint density at radius 1 is 1.45 bits per heavy atom. The summed E-state index contributed by atoms with van der Waals surface area (Å²) < 4.78 is 27.4. The Labute approximate surface area is 121 Å². The highest BCUT2D eigenvalue weighted by Gasteiger charge is 2.29. The molecule has 6 nitrogen and oxygen atoms in total. The predicted octanol–water partition coefficient (Wildman–Crippen LogP) is 0.517. The number of aryl methyl sites for hydroxylation is 1. The Balaban J connectivity index is 1.77. The van der Waals surface area contributed by atoms with Gasteiger partial charge in [-0.2, -0.15) is 0 Å². The average Bonchev–Trinajstić information content (AvgIpc) is 2.92. The first-order chi connectivity index (χ1) is 9.35. The largest absolute Gasteiger partial charge is 0.451 e. The van der Waals surface area contributed by atoms with Gasteiger partial charge < -0.3 is 10.1 Å². The van der Waals surface area contributed by atoms with Crippen molar-refractivity contribution in [3.63, 3.8) is 0 Å². The van der Waals surface area contributed by atoms with Gasteiger partial charge in [0.2, 0.25) is 0 Å². The average molecular weight is 317 g/mol. The molecule has 1 saturated heterocycles. The van der Waals surface area contributed by atoms with Gasteiger partial charge in [-0.25, -0.2) is 13.2 Å². The molecular formula is C12H15NO5S2. The number of thiophene rings is 1. The van der Waals surface area contributed by atoms with Crippen molar-refractivity contribution in [1.82, 2.24) is 5.32 Å². The molecule has 110 valence electrons. The van der Waals surface area contributed by atoms with Crippen LogP contribution in [-0.4, -0.2) is 44.4 Å². The van der Waals surface area contributed by atoms with E-state index >= 15 is 0 Å². The molecule has 2 heterocycles. The minimum Gasteiger partial charge on any atom is -0.451 e. The quantitative estimate of drug-likeness (QED) is 0.818. The second kappa shape index (κ2) is 5.92. The monoisotopic (exact) mass is 317 g/mol. The third kappa shape index (κ3) is 4.04. The Morgan fingerprint density at radius 2 is 2.20 bits per heavy atom. The molecule has 0 aliphatic carbocycles. The van der Waals surface area contributed by atoms with Crippen molar-refractivity contribution in [2.75, 3.05) is 18.1 Å². The number of sulfone groups is 1. The molecule has 8 heteroatoms. The van der Waals surface area contributed by atoms with Crippen LogP contribution in [0, 0.1) is 6.92 Å². The SMILES string of the molecule is Cc1ccc(C(=O)OCC(=O)N[C@@H]2CCS(=O)(=O)C2)s1. The van der Waals surface area contributed by atoms with Crippen LogP contribution >= 0.6 is 11.3 Å². The highest BCUT2D eigenvalue weighted by molar-refractivity contribution is 7.91. The molecule has 0 saturated carbocycles. The van der Waals surface area contributed by atoms with Crippen LogP contribution in [0.4, 0.5) is 0 Å². The molecule has 1 aromatic rings. The van der Waals surface area contributed by atoms with Gasteiger partial charge in [0.05, 0.1) is 11.5 Å². The van der Waals surface area contributed by atoms with Gasteiger partial charge in [0.1, 0.15) is 4.88 Å². The number of hydrogen-bond donors (Lipinski definition) is 1. The molecular weight excluding hydrogens is 302 g/mol. The maximum Gasteiger partial charge on any atom is 0.348 e. The van der Waals surface area contributed by atoms with Crippen LogP contribution < -0.4 is 5.32 Å². The number of ether oxygens (including phenoxy) is 1. The van der Waals surface area contributed by atoms with Crippen LogP contribution in [0.15, 0.2) is 12.1 Å². The molecule has 0 aromatic carbocycles. The second-order valence-electron chi connectivity index (χ2n) is 4.65. The van der Waals surface area contributed by atoms with Crippen molar-refractivity contribution in [2.45, 2.75) is 19.4 Å². The van der Waals surface area contributed by atoms with Gasteiger partial charge in [-0.05, 0) is 25.5 Å². The predicted molar refractivity (Wildman–Crippen MR) is 74.5 cm³/mol. The van der Waals surface area contributed by atoms with Gasteiger partial charge in [-0.15, -0.1) is 11.3 Å². The van der Waals surface area contributed by atoms with Crippen molar-refractivity contribution in [3.05, 3.63) is 21.9 Å². The highest BCUT2D eigenvalue weighted by Crippen LogP contribution is 2.16. The molecule has 1 amide bonds. The van der Waals surface area contributed by atoms with Crippen molar-refractivity contribution < 1.29 is 22.7 Å². The molecule has 2 rings (SSSR count). The molecule has 20 heavy (non-hydrogen) atoms. The van der Waals surface area contributed by atoms with Gasteiger partial charge in [0.25, 0.3) is 5.91 Å². The number of nitrogens with one attached hydrogen (secondary N) is 1. The Hall–Kier alpha value is -1.41. The summed E-state index contributed by atoms with van der Waals surface area (Å²) in [7, 11) is -3.03. The summed E-state index contributed by atoms with van der Waals surface area (Å²) in [5.74, 6) is -0.978. The number of carbonyl (C=O) groups is 2. The van der Waals surface area contributed by atoms with E-state index in [1.807, 2.05) is 6.92 Å². The van der Waals surface area contributed by atoms with Crippen LogP contribution in [0.5, 0.6) is 0 Å². The Kier molecular flexibility index (Phi) is 4.44. The summed E-state index contributed by atoms with van der Waals surface area (Å²) in [6, 6.07) is 3.06. The first kappa shape index (κ1) is 15.0. The van der Waals surface area contributed by atoms with Crippen LogP contribution in [0.3, 0.4) is 0 Å². The molecule has 1 N–H and O–H groups in total. The fourth-order valence-corrected chi connectivity index (χ4v) is 4.36. The molecule has 1 atom stereocenters. The summed E-state index contributed by atoms with van der Waals surface area (Å²) in [6.45, 7) is 1.47. The highest BCUT2D eigenvalue weighted by atomic mass is 32.2. The number of carbonyl (C=O) groups excluding carboxylic acids is 2. The maximum absolute atomic E-state index is 11.6. The minimum atomic E-state index is -3.03. The number of esters is 1. The first-order valence-electron chi connectivity index (χ1n) is 6.09. The van der Waals surface area contributed by atoms with Crippen LogP contribution in [0.25, 0.3) is 0 Å². The van der Waals surface area contributed by atoms with Crippen LogP contribution in [0.2, 0.25) is 0 Å². The molecule has 1 aliphatic rings. The normalized spacial score (nSPS) is 20.6. The van der Waals surface area contributed by atoms with Gasteiger partial charge >= 0.3 is 5.97 Å². The van der Waals surface area contributed by atoms with Gasteiger partial charge in [0, 0.05) is 10.9 Å². The number of amides is 1. The van der Waals surface area contributed by atoms with E-state index in [1.165, 1.54) is 11.3 Å². The van der Waals surface area contributed by atoms with Gasteiger partial charge in [-0.3, -0.25) is 4.79 Å². The lowest BCUT2D eigenvalue weighted by molar-refractivity contribution is -0.124. The van der Waals surface area contributed by atoms with E-state index in [-0.39, 0.29) is 17.5 Å². The summed E-state index contributed by atoms with van der Waals surface area (Å²) in [4.78, 5) is 24.6. The summed E-state index contributed by atoms with van der Waals surface area (Å²) >= 11 is 1.29. The molecule has 1 aliphatic heterocycles. The van der Waals surface area contributed by atoms with Gasteiger partial charge in [-0.1, -0.05) is 0 Å². The zero-order valence-corrected chi connectivity index (χ0v) is 12.6. The van der Waals surface area contributed by atoms with E-state index in [0.717, 1.165) is 4.88 Å². The number of hydrogen-bond acceptors (Lipinski definition) is 6. The van der Waals surface area contributed by atoms with Crippen molar-refractivity contribution in [2.24, 2.45) is 0 Å². The molecule has 0 spiro atoms. The molecule has 0 radical (unpaired) electrons. The van der Waals surface area contributed by atoms with Crippen molar-refractivity contribution in [1.29, 1.82) is 0 Å². The molecule has 1 fully saturated rings.